The largest absolute Gasteiger partial charge is 0.391 e. The van der Waals surface area contributed by atoms with Crippen LogP contribution in [0.5, 0.6) is 0 Å². The van der Waals surface area contributed by atoms with Gasteiger partial charge in [0.15, 0.2) is 0 Å². The Bertz CT molecular complexity index is 847. The van der Waals surface area contributed by atoms with Gasteiger partial charge in [-0.25, -0.2) is 4.98 Å². The van der Waals surface area contributed by atoms with Gasteiger partial charge in [0.1, 0.15) is 5.82 Å². The first kappa shape index (κ1) is 15.6. The third-order valence-corrected chi connectivity index (χ3v) is 5.50. The summed E-state index contributed by atoms with van der Waals surface area (Å²) in [7, 11) is 0. The molecular formula is C19H17ClN2OS. The van der Waals surface area contributed by atoms with E-state index in [1.165, 1.54) is 10.4 Å². The van der Waals surface area contributed by atoms with E-state index < -0.39 is 0 Å². The van der Waals surface area contributed by atoms with E-state index in [4.69, 9.17) is 11.6 Å². The van der Waals surface area contributed by atoms with Crippen molar-refractivity contribution in [3.05, 3.63) is 59.1 Å². The van der Waals surface area contributed by atoms with Gasteiger partial charge in [-0.05, 0) is 47.7 Å². The van der Waals surface area contributed by atoms with Gasteiger partial charge in [0.2, 0.25) is 0 Å². The van der Waals surface area contributed by atoms with Crippen molar-refractivity contribution in [1.29, 1.82) is 0 Å². The molecule has 0 bridgehead atoms. The lowest BCUT2D eigenvalue weighted by atomic mass is 10.0. The van der Waals surface area contributed by atoms with Gasteiger partial charge in [-0.2, -0.15) is 0 Å². The first-order valence-electron chi connectivity index (χ1n) is 7.93. The Morgan fingerprint density at radius 3 is 2.79 bits per heavy atom. The Labute approximate surface area is 150 Å². The number of benzene rings is 1. The fourth-order valence-electron chi connectivity index (χ4n) is 3.07. The minimum Gasteiger partial charge on any atom is -0.391 e. The zero-order valence-electron chi connectivity index (χ0n) is 13.0. The van der Waals surface area contributed by atoms with Crippen LogP contribution in [0.2, 0.25) is 5.02 Å². The number of pyridine rings is 1. The molecule has 122 valence electrons. The molecule has 0 spiro atoms. The van der Waals surface area contributed by atoms with Crippen LogP contribution in [0.4, 0.5) is 5.82 Å². The molecule has 1 aliphatic heterocycles. The Hall–Kier alpha value is -1.88. The third-order valence-electron chi connectivity index (χ3n) is 4.30. The molecule has 0 aliphatic carbocycles. The second-order valence-electron chi connectivity index (χ2n) is 5.97. The van der Waals surface area contributed by atoms with E-state index in [1.807, 2.05) is 30.5 Å². The molecule has 1 fully saturated rings. The number of halogens is 1. The third kappa shape index (κ3) is 3.05. The van der Waals surface area contributed by atoms with E-state index in [0.29, 0.717) is 6.54 Å². The van der Waals surface area contributed by atoms with E-state index in [-0.39, 0.29) is 6.10 Å². The molecular weight excluding hydrogens is 340 g/mol. The van der Waals surface area contributed by atoms with Crippen molar-refractivity contribution in [3.63, 3.8) is 0 Å². The maximum absolute atomic E-state index is 9.67. The zero-order valence-corrected chi connectivity index (χ0v) is 14.6. The minimum absolute atomic E-state index is 0.238. The monoisotopic (exact) mass is 356 g/mol. The fraction of sp³-hybridized carbons (Fsp3) is 0.211. The number of β-amino-alcohol motifs (C(OH)–C–C–N with tert-alkyl or cyclic N) is 1. The van der Waals surface area contributed by atoms with E-state index in [1.54, 1.807) is 11.3 Å². The molecule has 0 amide bonds. The van der Waals surface area contributed by atoms with Crippen molar-refractivity contribution in [2.24, 2.45) is 0 Å². The van der Waals surface area contributed by atoms with Gasteiger partial charge in [0.05, 0.1) is 6.10 Å². The average Bonchev–Trinajstić information content (AvgIpc) is 3.24. The fourth-order valence-corrected chi connectivity index (χ4v) is 4.18. The van der Waals surface area contributed by atoms with Crippen LogP contribution in [0.1, 0.15) is 6.42 Å². The Balaban J connectivity index is 1.64. The highest BCUT2D eigenvalue weighted by atomic mass is 35.5. The first-order chi connectivity index (χ1) is 11.7. The number of thiophene rings is 1. The highest BCUT2D eigenvalue weighted by Crippen LogP contribution is 2.37. The van der Waals surface area contributed by atoms with Crippen LogP contribution in [0.15, 0.2) is 54.0 Å². The molecule has 0 radical (unpaired) electrons. The Morgan fingerprint density at radius 2 is 2.08 bits per heavy atom. The molecule has 3 nitrogen and oxygen atoms in total. The molecule has 1 N–H and O–H groups in total. The molecule has 0 saturated carbocycles. The molecule has 2 aromatic heterocycles. The summed E-state index contributed by atoms with van der Waals surface area (Å²) in [6, 6.07) is 14.2. The predicted molar refractivity (Wildman–Crippen MR) is 101 cm³/mol. The van der Waals surface area contributed by atoms with E-state index in [2.05, 4.69) is 33.5 Å². The molecule has 1 atom stereocenters. The number of aromatic nitrogens is 1. The second-order valence-corrected chi connectivity index (χ2v) is 7.32. The van der Waals surface area contributed by atoms with Gasteiger partial charge < -0.3 is 10.0 Å². The molecule has 3 aromatic rings. The molecule has 5 heteroatoms. The molecule has 24 heavy (non-hydrogen) atoms. The smallest absolute Gasteiger partial charge is 0.128 e. The quantitative estimate of drug-likeness (QED) is 0.738. The van der Waals surface area contributed by atoms with E-state index >= 15 is 0 Å². The maximum atomic E-state index is 9.67. The van der Waals surface area contributed by atoms with Crippen molar-refractivity contribution >= 4 is 28.8 Å². The standard InChI is InChI=1S/C19H17ClN2OS/c20-15-3-1-2-13(10-15)19-17(7-9-24-19)14-4-5-18(21-11-14)22-8-6-16(23)12-22/h1-5,7,9-11,16,23H,6,8,12H2/t16-/m1/s1. The van der Waals surface area contributed by atoms with Gasteiger partial charge in [-0.1, -0.05) is 23.7 Å². The number of anilines is 1. The van der Waals surface area contributed by atoms with Crippen molar-refractivity contribution in [2.45, 2.75) is 12.5 Å². The van der Waals surface area contributed by atoms with Crippen molar-refractivity contribution in [1.82, 2.24) is 4.98 Å². The molecule has 1 saturated heterocycles. The van der Waals surface area contributed by atoms with Crippen LogP contribution < -0.4 is 4.90 Å². The number of aliphatic hydroxyl groups excluding tert-OH is 1. The van der Waals surface area contributed by atoms with Crippen LogP contribution in [0, 0.1) is 0 Å². The van der Waals surface area contributed by atoms with Crippen LogP contribution in [0.3, 0.4) is 0 Å². The minimum atomic E-state index is -0.238. The number of nitrogens with zero attached hydrogens (tertiary/aromatic N) is 2. The number of aliphatic hydroxyl groups is 1. The molecule has 0 unspecified atom stereocenters. The SMILES string of the molecule is O[C@@H]1CCN(c2ccc(-c3ccsc3-c3cccc(Cl)c3)cn2)C1. The van der Waals surface area contributed by atoms with Crippen molar-refractivity contribution in [3.8, 4) is 21.6 Å². The van der Waals surface area contributed by atoms with Crippen LogP contribution in [-0.4, -0.2) is 29.3 Å². The van der Waals surface area contributed by atoms with Crippen LogP contribution in [0.25, 0.3) is 21.6 Å². The maximum Gasteiger partial charge on any atom is 0.128 e. The summed E-state index contributed by atoms with van der Waals surface area (Å²) in [5, 5.41) is 12.5. The highest BCUT2D eigenvalue weighted by molar-refractivity contribution is 7.14. The van der Waals surface area contributed by atoms with Crippen molar-refractivity contribution in [2.75, 3.05) is 18.0 Å². The van der Waals surface area contributed by atoms with Gasteiger partial charge in [0.25, 0.3) is 0 Å². The highest BCUT2D eigenvalue weighted by Gasteiger charge is 2.21. The van der Waals surface area contributed by atoms with Gasteiger partial charge in [-0.3, -0.25) is 0 Å². The topological polar surface area (TPSA) is 36.4 Å². The molecule has 1 aliphatic rings. The number of hydrogen-bond donors (Lipinski definition) is 1. The summed E-state index contributed by atoms with van der Waals surface area (Å²) < 4.78 is 0. The average molecular weight is 357 g/mol. The van der Waals surface area contributed by atoms with Gasteiger partial charge >= 0.3 is 0 Å². The second kappa shape index (κ2) is 6.55. The lowest BCUT2D eigenvalue weighted by Gasteiger charge is -2.16. The summed E-state index contributed by atoms with van der Waals surface area (Å²) in [5.74, 6) is 0.926. The molecule has 1 aromatic carbocycles. The number of hydrogen-bond acceptors (Lipinski definition) is 4. The van der Waals surface area contributed by atoms with Crippen LogP contribution in [-0.2, 0) is 0 Å². The van der Waals surface area contributed by atoms with E-state index in [9.17, 15) is 5.11 Å². The van der Waals surface area contributed by atoms with Gasteiger partial charge in [-0.15, -0.1) is 11.3 Å². The van der Waals surface area contributed by atoms with Crippen LogP contribution >= 0.6 is 22.9 Å². The zero-order chi connectivity index (χ0) is 16.5. The summed E-state index contributed by atoms with van der Waals surface area (Å²) in [6.45, 7) is 1.53. The molecule has 4 rings (SSSR count). The van der Waals surface area contributed by atoms with E-state index in [0.717, 1.165) is 34.9 Å². The lowest BCUT2D eigenvalue weighted by molar-refractivity contribution is 0.198. The predicted octanol–water partition coefficient (Wildman–Crippen LogP) is 4.70. The summed E-state index contributed by atoms with van der Waals surface area (Å²) >= 11 is 7.84. The summed E-state index contributed by atoms with van der Waals surface area (Å²) in [6.07, 6.45) is 2.49. The lowest BCUT2D eigenvalue weighted by Crippen LogP contribution is -2.21. The number of rotatable bonds is 3. The Morgan fingerprint density at radius 1 is 1.17 bits per heavy atom. The van der Waals surface area contributed by atoms with Crippen molar-refractivity contribution < 1.29 is 5.11 Å². The summed E-state index contributed by atoms with van der Waals surface area (Å²) in [4.78, 5) is 7.92. The normalized spacial score (nSPS) is 17.4. The Kier molecular flexibility index (Phi) is 4.27. The first-order valence-corrected chi connectivity index (χ1v) is 9.19. The summed E-state index contributed by atoms with van der Waals surface area (Å²) in [5.41, 5.74) is 3.39. The van der Waals surface area contributed by atoms with Gasteiger partial charge in [0, 0.05) is 40.3 Å². The molecule has 3 heterocycles.